The zero-order valence-electron chi connectivity index (χ0n) is 6.19. The zero-order chi connectivity index (χ0) is 7.68. The molecular weight excluding hydrogens is 142 g/mol. The topological polar surface area (TPSA) is 48.4 Å². The molecule has 1 aromatic rings. The van der Waals surface area contributed by atoms with Gasteiger partial charge in [0.15, 0.2) is 0 Å². The maximum atomic E-state index is 5.80. The van der Waals surface area contributed by atoms with Crippen molar-refractivity contribution < 1.29 is 9.15 Å². The average Bonchev–Trinajstić information content (AvgIpc) is 2.55. The van der Waals surface area contributed by atoms with Gasteiger partial charge in [0.05, 0.1) is 25.7 Å². The van der Waals surface area contributed by atoms with Crippen LogP contribution >= 0.6 is 0 Å². The molecule has 1 aliphatic heterocycles. The van der Waals surface area contributed by atoms with Gasteiger partial charge in [-0.2, -0.15) is 0 Å². The Labute approximate surface area is 65.1 Å². The highest BCUT2D eigenvalue weighted by atomic mass is 16.5. The molecule has 1 saturated heterocycles. The number of furan rings is 1. The fourth-order valence-electron chi connectivity index (χ4n) is 1.40. The molecule has 0 aliphatic carbocycles. The van der Waals surface area contributed by atoms with Gasteiger partial charge < -0.3 is 14.9 Å². The van der Waals surface area contributed by atoms with Crippen molar-refractivity contribution in [1.29, 1.82) is 0 Å². The third kappa shape index (κ3) is 1.17. The van der Waals surface area contributed by atoms with Crippen molar-refractivity contribution in [2.45, 2.75) is 12.0 Å². The average molecular weight is 153 g/mol. The molecule has 0 aromatic carbocycles. The molecule has 60 valence electrons. The van der Waals surface area contributed by atoms with Gasteiger partial charge in [-0.25, -0.2) is 0 Å². The van der Waals surface area contributed by atoms with Gasteiger partial charge in [0.25, 0.3) is 0 Å². The summed E-state index contributed by atoms with van der Waals surface area (Å²) in [6, 6.07) is 2.08. The van der Waals surface area contributed by atoms with E-state index in [9.17, 15) is 0 Å². The second-order valence-electron chi connectivity index (χ2n) is 2.86. The fourth-order valence-corrected chi connectivity index (χ4v) is 1.40. The van der Waals surface area contributed by atoms with E-state index in [1.54, 1.807) is 12.5 Å². The van der Waals surface area contributed by atoms with Gasteiger partial charge in [-0.15, -0.1) is 0 Å². The van der Waals surface area contributed by atoms with Crippen molar-refractivity contribution in [2.24, 2.45) is 5.73 Å². The largest absolute Gasteiger partial charge is 0.472 e. The van der Waals surface area contributed by atoms with E-state index in [4.69, 9.17) is 14.9 Å². The Morgan fingerprint density at radius 1 is 1.45 bits per heavy atom. The highest BCUT2D eigenvalue weighted by Gasteiger charge is 2.26. The lowest BCUT2D eigenvalue weighted by Crippen LogP contribution is -2.26. The first-order valence-corrected chi connectivity index (χ1v) is 3.73. The van der Waals surface area contributed by atoms with Crippen LogP contribution in [0.1, 0.15) is 11.5 Å². The number of hydrogen-bond donors (Lipinski definition) is 1. The van der Waals surface area contributed by atoms with Crippen LogP contribution in [0.25, 0.3) is 0 Å². The van der Waals surface area contributed by atoms with Gasteiger partial charge >= 0.3 is 0 Å². The first-order valence-electron chi connectivity index (χ1n) is 3.73. The molecule has 2 unspecified atom stereocenters. The standard InChI is InChI=1S/C8H11NO2/c9-8-5-11-4-7(8)6-1-2-10-3-6/h1-3,7-8H,4-5,9H2. The summed E-state index contributed by atoms with van der Waals surface area (Å²) in [6.45, 7) is 1.39. The van der Waals surface area contributed by atoms with E-state index < -0.39 is 0 Å². The number of hydrogen-bond acceptors (Lipinski definition) is 3. The summed E-state index contributed by atoms with van der Waals surface area (Å²) < 4.78 is 10.2. The maximum absolute atomic E-state index is 5.80. The normalized spacial score (nSPS) is 31.0. The molecule has 0 bridgehead atoms. The fraction of sp³-hybridized carbons (Fsp3) is 0.500. The van der Waals surface area contributed by atoms with Gasteiger partial charge in [0.1, 0.15) is 0 Å². The second kappa shape index (κ2) is 2.68. The van der Waals surface area contributed by atoms with E-state index in [0.29, 0.717) is 12.5 Å². The molecule has 2 atom stereocenters. The van der Waals surface area contributed by atoms with Crippen LogP contribution in [0.3, 0.4) is 0 Å². The van der Waals surface area contributed by atoms with Crippen LogP contribution in [-0.2, 0) is 4.74 Å². The van der Waals surface area contributed by atoms with Gasteiger partial charge in [0.2, 0.25) is 0 Å². The predicted molar refractivity (Wildman–Crippen MR) is 40.2 cm³/mol. The molecule has 1 aromatic heterocycles. The lowest BCUT2D eigenvalue weighted by atomic mass is 9.98. The smallest absolute Gasteiger partial charge is 0.0938 e. The Balaban J connectivity index is 2.16. The van der Waals surface area contributed by atoms with Crippen LogP contribution in [0.2, 0.25) is 0 Å². The van der Waals surface area contributed by atoms with E-state index in [2.05, 4.69) is 0 Å². The summed E-state index contributed by atoms with van der Waals surface area (Å²) in [5, 5.41) is 0. The van der Waals surface area contributed by atoms with Gasteiger partial charge in [-0.05, 0) is 11.6 Å². The third-order valence-corrected chi connectivity index (χ3v) is 2.10. The van der Waals surface area contributed by atoms with Crippen LogP contribution in [0, 0.1) is 0 Å². The number of nitrogens with two attached hydrogens (primary N) is 1. The van der Waals surface area contributed by atoms with Gasteiger partial charge in [-0.3, -0.25) is 0 Å². The molecule has 0 radical (unpaired) electrons. The Hall–Kier alpha value is -0.800. The van der Waals surface area contributed by atoms with E-state index in [-0.39, 0.29) is 6.04 Å². The molecule has 0 amide bonds. The Morgan fingerprint density at radius 2 is 2.36 bits per heavy atom. The highest BCUT2D eigenvalue weighted by molar-refractivity contribution is 5.16. The summed E-state index contributed by atoms with van der Waals surface area (Å²) in [5.41, 5.74) is 6.95. The van der Waals surface area contributed by atoms with Crippen molar-refractivity contribution in [3.05, 3.63) is 24.2 Å². The molecule has 1 aliphatic rings. The van der Waals surface area contributed by atoms with Gasteiger partial charge in [0, 0.05) is 12.0 Å². The predicted octanol–water partition coefficient (Wildman–Crippen LogP) is 0.721. The monoisotopic (exact) mass is 153 g/mol. The molecule has 2 heterocycles. The van der Waals surface area contributed by atoms with E-state index in [0.717, 1.165) is 12.2 Å². The Kier molecular flexibility index (Phi) is 1.68. The summed E-state index contributed by atoms with van der Waals surface area (Å²) in [5.74, 6) is 0.328. The lowest BCUT2D eigenvalue weighted by Gasteiger charge is -2.09. The molecule has 2 N–H and O–H groups in total. The SMILES string of the molecule is NC1COCC1c1ccoc1. The zero-order valence-corrected chi connectivity index (χ0v) is 6.19. The summed E-state index contributed by atoms with van der Waals surface area (Å²) in [7, 11) is 0. The Morgan fingerprint density at radius 3 is 2.91 bits per heavy atom. The van der Waals surface area contributed by atoms with Crippen LogP contribution in [0.4, 0.5) is 0 Å². The minimum atomic E-state index is 0.132. The molecule has 0 spiro atoms. The van der Waals surface area contributed by atoms with Crippen molar-refractivity contribution in [2.75, 3.05) is 13.2 Å². The molecule has 11 heavy (non-hydrogen) atoms. The molecule has 2 rings (SSSR count). The molecular formula is C8H11NO2. The molecule has 3 nitrogen and oxygen atoms in total. The van der Waals surface area contributed by atoms with Crippen LogP contribution < -0.4 is 5.73 Å². The maximum Gasteiger partial charge on any atom is 0.0938 e. The lowest BCUT2D eigenvalue weighted by molar-refractivity contribution is 0.191. The minimum Gasteiger partial charge on any atom is -0.472 e. The van der Waals surface area contributed by atoms with Crippen molar-refractivity contribution in [3.63, 3.8) is 0 Å². The molecule has 0 saturated carbocycles. The summed E-state index contributed by atoms with van der Waals surface area (Å²) in [4.78, 5) is 0. The number of ether oxygens (including phenoxy) is 1. The van der Waals surface area contributed by atoms with Gasteiger partial charge in [-0.1, -0.05) is 0 Å². The van der Waals surface area contributed by atoms with E-state index in [1.807, 2.05) is 6.07 Å². The van der Waals surface area contributed by atoms with Crippen LogP contribution in [-0.4, -0.2) is 19.3 Å². The molecule has 3 heteroatoms. The quantitative estimate of drug-likeness (QED) is 0.646. The summed E-state index contributed by atoms with van der Waals surface area (Å²) in [6.07, 6.45) is 3.40. The first-order chi connectivity index (χ1) is 5.38. The molecule has 1 fully saturated rings. The number of rotatable bonds is 1. The minimum absolute atomic E-state index is 0.132. The van der Waals surface area contributed by atoms with Crippen LogP contribution in [0.5, 0.6) is 0 Å². The van der Waals surface area contributed by atoms with E-state index >= 15 is 0 Å². The van der Waals surface area contributed by atoms with Crippen molar-refractivity contribution in [3.8, 4) is 0 Å². The van der Waals surface area contributed by atoms with Crippen molar-refractivity contribution in [1.82, 2.24) is 0 Å². The van der Waals surface area contributed by atoms with Crippen molar-refractivity contribution >= 4 is 0 Å². The van der Waals surface area contributed by atoms with E-state index in [1.165, 1.54) is 0 Å². The highest BCUT2D eigenvalue weighted by Crippen LogP contribution is 2.24. The summed E-state index contributed by atoms with van der Waals surface area (Å²) >= 11 is 0. The third-order valence-electron chi connectivity index (χ3n) is 2.10. The first kappa shape index (κ1) is 6.88. The Bertz CT molecular complexity index is 220. The van der Waals surface area contributed by atoms with Crippen LogP contribution in [0.15, 0.2) is 23.0 Å². The second-order valence-corrected chi connectivity index (χ2v) is 2.86.